The van der Waals surface area contributed by atoms with Crippen LogP contribution in [0.2, 0.25) is 50.4 Å². The van der Waals surface area contributed by atoms with E-state index in [1.165, 1.54) is 34.0 Å². The Morgan fingerprint density at radius 3 is 1.05 bits per heavy atom. The van der Waals surface area contributed by atoms with Crippen molar-refractivity contribution in [2.45, 2.75) is 155 Å². The second-order valence-electron chi connectivity index (χ2n) is 17.3. The van der Waals surface area contributed by atoms with Crippen molar-refractivity contribution < 1.29 is 92.9 Å². The summed E-state index contributed by atoms with van der Waals surface area (Å²) in [7, 11) is -13.3. The summed E-state index contributed by atoms with van der Waals surface area (Å²) in [6, 6.07) is 1.46. The van der Waals surface area contributed by atoms with Crippen LogP contribution in [0.15, 0.2) is 0 Å². The number of rotatable bonds is 19. The van der Waals surface area contributed by atoms with Gasteiger partial charge in [0.05, 0.1) is 0 Å². The SMILES string of the molecule is CC(=O)N1C(=O)CC(CCC[Si]2(C)O[Si](C)(CCCC([C-]=O)C[C-]=O)O[Si](C)(CCCC3CC(=O)N(C(C)=O)C3=O)O[Si](C)(CCCC3CC(=O)N(C(C)=O)C3=O)O2)C1=O.C[C-]=O.[Li+]. The van der Waals surface area contributed by atoms with E-state index in [2.05, 4.69) is 0 Å². The van der Waals surface area contributed by atoms with Crippen LogP contribution in [0.4, 0.5) is 0 Å². The Kier molecular flexibility index (Phi) is 21.8. The van der Waals surface area contributed by atoms with E-state index < -0.39 is 111 Å². The average molecular weight is 958 g/mol. The van der Waals surface area contributed by atoms with Crippen molar-refractivity contribution >= 4 is 106 Å². The van der Waals surface area contributed by atoms with Crippen molar-refractivity contribution in [2.75, 3.05) is 0 Å². The molecular formula is C40H60LiN3O16Si4-2. The second-order valence-corrected chi connectivity index (χ2v) is 31.7. The number of hydrogen-bond donors (Lipinski definition) is 0. The summed E-state index contributed by atoms with van der Waals surface area (Å²) < 4.78 is 28.7. The first-order chi connectivity index (χ1) is 29.4. The van der Waals surface area contributed by atoms with Crippen molar-refractivity contribution in [3.8, 4) is 0 Å². The number of hydrogen-bond acceptors (Lipinski definition) is 16. The first kappa shape index (κ1) is 56.9. The zero-order valence-electron chi connectivity index (χ0n) is 38.5. The molecule has 0 bridgehead atoms. The molecule has 6 unspecified atom stereocenters. The first-order valence-electron chi connectivity index (χ1n) is 21.3. The molecule has 4 rings (SSSR count). The fourth-order valence-electron chi connectivity index (χ4n) is 9.05. The largest absolute Gasteiger partial charge is 1.00 e. The number of carbonyl (C=O) groups excluding carboxylic acids is 12. The quantitative estimate of drug-likeness (QED) is 0.0976. The maximum Gasteiger partial charge on any atom is 1.00 e. The van der Waals surface area contributed by atoms with Crippen LogP contribution in [-0.2, 0) is 74.0 Å². The van der Waals surface area contributed by atoms with Gasteiger partial charge in [-0.25, -0.2) is 14.7 Å². The normalized spacial score (nSPS) is 30.0. The summed E-state index contributed by atoms with van der Waals surface area (Å²) in [5.74, 6) is -7.87. The molecule has 0 aromatic heterocycles. The van der Waals surface area contributed by atoms with E-state index in [0.717, 1.165) is 0 Å². The van der Waals surface area contributed by atoms with Gasteiger partial charge in [0, 0.05) is 57.8 Å². The Bertz CT molecular complexity index is 1760. The second kappa shape index (κ2) is 24.5. The van der Waals surface area contributed by atoms with E-state index in [4.69, 9.17) is 21.3 Å². The molecule has 9 amide bonds. The van der Waals surface area contributed by atoms with Crippen LogP contribution in [0.25, 0.3) is 0 Å². The maximum absolute atomic E-state index is 13.0. The molecule has 350 valence electrons. The Morgan fingerprint density at radius 1 is 0.562 bits per heavy atom. The van der Waals surface area contributed by atoms with Crippen molar-refractivity contribution in [3.63, 3.8) is 0 Å². The van der Waals surface area contributed by atoms with Crippen molar-refractivity contribution in [1.82, 2.24) is 14.7 Å². The fourth-order valence-corrected chi connectivity index (χ4v) is 32.5. The van der Waals surface area contributed by atoms with E-state index >= 15 is 0 Å². The standard InChI is InChI=1S/C38H57N3O15Si4.C2H3O.Li/c1-26(44)39-33(47)22-30(36(39)50)13-9-19-58(5)53-57(4,18-8-12-29(25-43)16-17-42)54-59(6,20-10-14-31-23-34(48)40(27(2)45)37(31)51)56-60(7,55-58)21-11-15-32-24-35(49)41(28(3)46)38(32)52;1-2-3;/h29-32H,8-16,18-24H2,1-7H3;1H3;/q-2;-1;+1. The number of amides is 9. The Labute approximate surface area is 390 Å². The van der Waals surface area contributed by atoms with Gasteiger partial charge in [-0.1, -0.05) is 32.1 Å². The van der Waals surface area contributed by atoms with Crippen LogP contribution >= 0.6 is 0 Å². The molecule has 4 aliphatic rings. The number of imide groups is 9. The predicted octanol–water partition coefficient (Wildman–Crippen LogP) is 0.586. The molecule has 0 N–H and O–H groups in total. The van der Waals surface area contributed by atoms with Crippen LogP contribution < -0.4 is 18.9 Å². The predicted molar refractivity (Wildman–Crippen MR) is 230 cm³/mol. The van der Waals surface area contributed by atoms with Gasteiger partial charge in [0.2, 0.25) is 53.2 Å². The third kappa shape index (κ3) is 15.1. The molecule has 0 aliphatic carbocycles. The van der Waals surface area contributed by atoms with E-state index in [1.54, 1.807) is 6.29 Å². The minimum absolute atomic E-state index is 0. The molecule has 4 saturated heterocycles. The Morgan fingerprint density at radius 2 is 0.828 bits per heavy atom. The fraction of sp³-hybridized carbons (Fsp3) is 0.700. The molecule has 64 heavy (non-hydrogen) atoms. The van der Waals surface area contributed by atoms with Gasteiger partial charge in [0.15, 0.2) is 0 Å². The number of nitrogens with zero attached hydrogens (tertiary/aromatic N) is 3. The van der Waals surface area contributed by atoms with Crippen LogP contribution in [0.3, 0.4) is 0 Å². The summed E-state index contributed by atoms with van der Waals surface area (Å²) >= 11 is 0. The molecule has 19 nitrogen and oxygen atoms in total. The van der Waals surface area contributed by atoms with Gasteiger partial charge in [0.1, 0.15) is 0 Å². The van der Waals surface area contributed by atoms with Gasteiger partial charge < -0.3 is 30.8 Å². The summed E-state index contributed by atoms with van der Waals surface area (Å²) in [4.78, 5) is 146. The molecule has 0 aromatic rings. The third-order valence-electron chi connectivity index (χ3n) is 11.6. The Balaban J connectivity index is 0.00000342. The van der Waals surface area contributed by atoms with E-state index in [1.807, 2.05) is 32.5 Å². The minimum atomic E-state index is -3.35. The Hall–Kier alpha value is -3.26. The summed E-state index contributed by atoms with van der Waals surface area (Å²) in [5, 5.41) is 0. The zero-order chi connectivity index (χ0) is 47.5. The van der Waals surface area contributed by atoms with E-state index in [-0.39, 0.29) is 51.0 Å². The molecule has 0 saturated carbocycles. The van der Waals surface area contributed by atoms with Crippen LogP contribution in [-0.4, -0.2) is 121 Å². The summed E-state index contributed by atoms with van der Waals surface area (Å²) in [6.07, 6.45) is 7.67. The molecule has 0 aromatic carbocycles. The van der Waals surface area contributed by atoms with Gasteiger partial charge in [-0.15, -0.1) is 0 Å². The maximum atomic E-state index is 13.0. The summed E-state index contributed by atoms with van der Waals surface area (Å²) in [5.41, 5.74) is 0. The monoisotopic (exact) mass is 957 g/mol. The van der Waals surface area contributed by atoms with Crippen molar-refractivity contribution in [2.24, 2.45) is 23.7 Å². The van der Waals surface area contributed by atoms with Crippen molar-refractivity contribution in [1.29, 1.82) is 0 Å². The first-order valence-corrected chi connectivity index (χ1v) is 31.4. The smallest absolute Gasteiger partial charge is 0.542 e. The van der Waals surface area contributed by atoms with Gasteiger partial charge in [-0.05, 0) is 69.6 Å². The van der Waals surface area contributed by atoms with Gasteiger partial charge in [-0.2, -0.15) is 19.3 Å². The average Bonchev–Trinajstić information content (AvgIpc) is 3.72. The summed E-state index contributed by atoms with van der Waals surface area (Å²) in [6.45, 7) is 12.4. The molecule has 24 heteroatoms. The molecule has 0 spiro atoms. The number of likely N-dealkylation sites (tertiary alicyclic amines) is 3. The minimum Gasteiger partial charge on any atom is -0.542 e. The number of carbonyl (C=O) groups is 9. The van der Waals surface area contributed by atoms with Crippen molar-refractivity contribution in [3.05, 3.63) is 0 Å². The third-order valence-corrected chi connectivity index (χ3v) is 30.5. The van der Waals surface area contributed by atoms with Crippen LogP contribution in [0.1, 0.15) is 105 Å². The van der Waals surface area contributed by atoms with Gasteiger partial charge in [-0.3, -0.25) is 62.0 Å². The zero-order valence-corrected chi connectivity index (χ0v) is 42.5. The molecule has 4 aliphatic heterocycles. The molecular weight excluding hydrogens is 898 g/mol. The van der Waals surface area contributed by atoms with Crippen LogP contribution in [0.5, 0.6) is 0 Å². The topological polar surface area (TPSA) is 251 Å². The van der Waals surface area contributed by atoms with Crippen LogP contribution in [0, 0.1) is 23.7 Å². The molecule has 4 fully saturated rings. The molecule has 4 heterocycles. The van der Waals surface area contributed by atoms with Gasteiger partial charge >= 0.3 is 53.1 Å². The van der Waals surface area contributed by atoms with E-state index in [9.17, 15) is 52.7 Å². The van der Waals surface area contributed by atoms with E-state index in [0.29, 0.717) is 83.8 Å². The molecule has 0 radical (unpaired) electrons. The molecule has 6 atom stereocenters. The van der Waals surface area contributed by atoms with Gasteiger partial charge in [0.25, 0.3) is 0 Å².